The zero-order chi connectivity index (χ0) is 18.1. The number of nitrogens with one attached hydrogen (secondary N) is 2. The van der Waals surface area contributed by atoms with Crippen LogP contribution in [0, 0.1) is 0 Å². The van der Waals surface area contributed by atoms with E-state index in [1.54, 1.807) is 30.3 Å². The van der Waals surface area contributed by atoms with Gasteiger partial charge in [0.1, 0.15) is 11.5 Å². The molecule has 0 aliphatic heterocycles. The zero-order valence-corrected chi connectivity index (χ0v) is 13.7. The van der Waals surface area contributed by atoms with E-state index in [1.165, 1.54) is 0 Å². The van der Waals surface area contributed by atoms with Gasteiger partial charge in [0.15, 0.2) is 11.6 Å². The van der Waals surface area contributed by atoms with Crippen LogP contribution in [0.4, 0.5) is 5.82 Å². The Kier molecular flexibility index (Phi) is 3.81. The van der Waals surface area contributed by atoms with Crippen LogP contribution in [0.1, 0.15) is 16.1 Å². The topological polar surface area (TPSA) is 117 Å². The Morgan fingerprint density at radius 2 is 2.08 bits per heavy atom. The van der Waals surface area contributed by atoms with E-state index in [-0.39, 0.29) is 17.4 Å². The number of hydrogen-bond donors (Lipinski definition) is 4. The number of carbonyl (C=O) groups is 1. The zero-order valence-electron chi connectivity index (χ0n) is 13.7. The van der Waals surface area contributed by atoms with Crippen LogP contribution in [0.5, 0.6) is 5.75 Å². The number of nitrogen functional groups attached to an aromatic ring is 1. The maximum Gasteiger partial charge on any atom is 0.287 e. The third-order valence-electron chi connectivity index (χ3n) is 4.07. The Labute approximate surface area is 148 Å². The normalized spacial score (nSPS) is 10.9. The molecule has 7 heteroatoms. The number of hydrogen-bond acceptors (Lipinski definition) is 5. The smallest absolute Gasteiger partial charge is 0.287 e. The lowest BCUT2D eigenvalue weighted by atomic mass is 10.1. The molecule has 1 amide bonds. The summed E-state index contributed by atoms with van der Waals surface area (Å²) in [5.41, 5.74) is 8.17. The van der Waals surface area contributed by atoms with Crippen molar-refractivity contribution in [3.8, 4) is 17.1 Å². The summed E-state index contributed by atoms with van der Waals surface area (Å²) in [5, 5.41) is 19.9. The molecule has 5 N–H and O–H groups in total. The summed E-state index contributed by atoms with van der Waals surface area (Å²) >= 11 is 0. The maximum atomic E-state index is 12.3. The number of H-pyrrole nitrogens is 1. The summed E-state index contributed by atoms with van der Waals surface area (Å²) in [6.07, 6.45) is 0. The monoisotopic (exact) mass is 348 g/mol. The van der Waals surface area contributed by atoms with Gasteiger partial charge in [0, 0.05) is 17.5 Å². The third kappa shape index (κ3) is 2.98. The summed E-state index contributed by atoms with van der Waals surface area (Å²) in [6.45, 7) is 0.294. The van der Waals surface area contributed by atoms with Crippen LogP contribution in [0.25, 0.3) is 22.2 Å². The second-order valence-electron chi connectivity index (χ2n) is 5.89. The number of nitrogens with two attached hydrogens (primary N) is 1. The van der Waals surface area contributed by atoms with Crippen molar-refractivity contribution in [3.05, 3.63) is 65.9 Å². The second-order valence-corrected chi connectivity index (χ2v) is 5.89. The molecule has 26 heavy (non-hydrogen) atoms. The van der Waals surface area contributed by atoms with Gasteiger partial charge in [-0.05, 0) is 42.0 Å². The van der Waals surface area contributed by atoms with Crippen molar-refractivity contribution in [2.45, 2.75) is 6.54 Å². The van der Waals surface area contributed by atoms with Crippen molar-refractivity contribution >= 4 is 22.6 Å². The van der Waals surface area contributed by atoms with Crippen molar-refractivity contribution in [2.75, 3.05) is 5.73 Å². The first-order chi connectivity index (χ1) is 12.6. The van der Waals surface area contributed by atoms with E-state index in [1.807, 2.05) is 24.3 Å². The minimum absolute atomic E-state index is 0.159. The number of phenolic OH excluding ortho intramolecular Hbond substituents is 1. The summed E-state index contributed by atoms with van der Waals surface area (Å²) in [6, 6.07) is 15.7. The Balaban J connectivity index is 1.50. The van der Waals surface area contributed by atoms with Gasteiger partial charge in [-0.15, -0.1) is 0 Å². The first-order valence-corrected chi connectivity index (χ1v) is 8.00. The van der Waals surface area contributed by atoms with E-state index < -0.39 is 0 Å². The first kappa shape index (κ1) is 15.8. The van der Waals surface area contributed by atoms with Gasteiger partial charge in [-0.2, -0.15) is 5.10 Å². The molecule has 0 atom stereocenters. The average molecular weight is 348 g/mol. The molecule has 2 aromatic carbocycles. The number of aromatic nitrogens is 2. The van der Waals surface area contributed by atoms with E-state index in [0.717, 1.165) is 22.0 Å². The van der Waals surface area contributed by atoms with Gasteiger partial charge < -0.3 is 20.6 Å². The number of rotatable bonds is 4. The summed E-state index contributed by atoms with van der Waals surface area (Å²) in [7, 11) is 0. The van der Waals surface area contributed by atoms with Gasteiger partial charge in [0.2, 0.25) is 0 Å². The molecule has 0 aliphatic carbocycles. The van der Waals surface area contributed by atoms with E-state index in [4.69, 9.17) is 10.2 Å². The Morgan fingerprint density at radius 3 is 2.92 bits per heavy atom. The highest BCUT2D eigenvalue weighted by Crippen LogP contribution is 2.27. The number of aromatic hydroxyl groups is 1. The van der Waals surface area contributed by atoms with Crippen LogP contribution in [0.2, 0.25) is 0 Å². The Bertz CT molecular complexity index is 1100. The third-order valence-corrected chi connectivity index (χ3v) is 4.07. The molecule has 2 heterocycles. The predicted molar refractivity (Wildman–Crippen MR) is 97.5 cm³/mol. The number of phenols is 1. The van der Waals surface area contributed by atoms with Gasteiger partial charge in [0.05, 0.1) is 5.52 Å². The quantitative estimate of drug-likeness (QED) is 0.452. The lowest BCUT2D eigenvalue weighted by Crippen LogP contribution is -2.22. The summed E-state index contributed by atoms with van der Waals surface area (Å²) in [4.78, 5) is 12.3. The largest absolute Gasteiger partial charge is 0.508 e. The van der Waals surface area contributed by atoms with Crippen LogP contribution in [0.15, 0.2) is 59.0 Å². The SMILES string of the molecule is Nc1n[nH]c2cc(-c3ccc(C(=O)NCc4cccc(O)c4)o3)ccc12. The lowest BCUT2D eigenvalue weighted by molar-refractivity contribution is 0.0924. The van der Waals surface area contributed by atoms with E-state index in [0.29, 0.717) is 18.1 Å². The Hall–Kier alpha value is -3.74. The molecule has 0 fully saturated rings. The molecular weight excluding hydrogens is 332 g/mol. The van der Waals surface area contributed by atoms with Crippen LogP contribution >= 0.6 is 0 Å². The molecule has 0 bridgehead atoms. The van der Waals surface area contributed by atoms with Crippen molar-refractivity contribution in [2.24, 2.45) is 0 Å². The maximum absolute atomic E-state index is 12.3. The minimum atomic E-state index is -0.327. The van der Waals surface area contributed by atoms with Gasteiger partial charge in [0.25, 0.3) is 5.91 Å². The van der Waals surface area contributed by atoms with Crippen molar-refractivity contribution in [3.63, 3.8) is 0 Å². The minimum Gasteiger partial charge on any atom is -0.508 e. The molecule has 0 spiro atoms. The molecule has 0 unspecified atom stereocenters. The highest BCUT2D eigenvalue weighted by atomic mass is 16.3. The molecule has 2 aromatic heterocycles. The van der Waals surface area contributed by atoms with Crippen molar-refractivity contribution in [1.82, 2.24) is 15.5 Å². The van der Waals surface area contributed by atoms with Crippen LogP contribution in [-0.4, -0.2) is 21.2 Å². The fourth-order valence-electron chi connectivity index (χ4n) is 2.75. The number of amides is 1. The predicted octanol–water partition coefficient (Wildman–Crippen LogP) is 3.04. The van der Waals surface area contributed by atoms with Gasteiger partial charge in [-0.1, -0.05) is 18.2 Å². The summed E-state index contributed by atoms with van der Waals surface area (Å²) < 4.78 is 5.67. The van der Waals surface area contributed by atoms with Crippen LogP contribution < -0.4 is 11.1 Å². The number of carbonyl (C=O) groups excluding carboxylic acids is 1. The van der Waals surface area contributed by atoms with E-state index in [2.05, 4.69) is 15.5 Å². The van der Waals surface area contributed by atoms with Crippen LogP contribution in [0.3, 0.4) is 0 Å². The number of aromatic amines is 1. The van der Waals surface area contributed by atoms with E-state index in [9.17, 15) is 9.90 Å². The molecule has 7 nitrogen and oxygen atoms in total. The molecule has 0 saturated heterocycles. The fraction of sp³-hybridized carbons (Fsp3) is 0.0526. The number of furan rings is 1. The number of fused-ring (bicyclic) bond motifs is 1. The highest BCUT2D eigenvalue weighted by Gasteiger charge is 2.13. The second kappa shape index (κ2) is 6.29. The number of anilines is 1. The van der Waals surface area contributed by atoms with Gasteiger partial charge in [-0.3, -0.25) is 9.89 Å². The molecular formula is C19H16N4O3. The molecule has 0 saturated carbocycles. The lowest BCUT2D eigenvalue weighted by Gasteiger charge is -2.04. The molecule has 4 rings (SSSR count). The molecule has 4 aromatic rings. The summed E-state index contributed by atoms with van der Waals surface area (Å²) in [5.74, 6) is 1.06. The van der Waals surface area contributed by atoms with Gasteiger partial charge in [-0.25, -0.2) is 0 Å². The van der Waals surface area contributed by atoms with Crippen molar-refractivity contribution in [1.29, 1.82) is 0 Å². The highest BCUT2D eigenvalue weighted by molar-refractivity contribution is 5.93. The fourth-order valence-corrected chi connectivity index (χ4v) is 2.75. The number of benzene rings is 2. The van der Waals surface area contributed by atoms with Crippen molar-refractivity contribution < 1.29 is 14.3 Å². The first-order valence-electron chi connectivity index (χ1n) is 8.00. The van der Waals surface area contributed by atoms with E-state index >= 15 is 0 Å². The molecule has 0 radical (unpaired) electrons. The van der Waals surface area contributed by atoms with Gasteiger partial charge >= 0.3 is 0 Å². The standard InChI is InChI=1S/C19H16N4O3/c20-18-14-5-4-12(9-15(14)22-23-18)16-6-7-17(26-16)19(25)21-10-11-2-1-3-13(24)8-11/h1-9,24H,10H2,(H,21,25)(H3,20,22,23). The van der Waals surface area contributed by atoms with Crippen LogP contribution in [-0.2, 0) is 6.54 Å². The molecule has 130 valence electrons. The average Bonchev–Trinajstić information content (AvgIpc) is 3.27. The Morgan fingerprint density at radius 1 is 1.19 bits per heavy atom. The molecule has 0 aliphatic rings. The number of nitrogens with zero attached hydrogens (tertiary/aromatic N) is 1.